The molecule has 1 amide bonds. The summed E-state index contributed by atoms with van der Waals surface area (Å²) in [6, 6.07) is 6.39. The molecule has 0 bridgehead atoms. The number of nitrogen functional groups attached to an aromatic ring is 1. The number of hydrogen-bond donors (Lipinski definition) is 2. The van der Waals surface area contributed by atoms with Crippen LogP contribution in [0.3, 0.4) is 0 Å². The number of rotatable bonds is 2. The Kier molecular flexibility index (Phi) is 4.60. The molecule has 3 rings (SSSR count). The van der Waals surface area contributed by atoms with Gasteiger partial charge in [-0.05, 0) is 67.2 Å². The molecular weight excluding hydrogens is 288 g/mol. The van der Waals surface area contributed by atoms with Crippen molar-refractivity contribution < 1.29 is 9.90 Å². The van der Waals surface area contributed by atoms with E-state index in [9.17, 15) is 4.79 Å². The van der Waals surface area contributed by atoms with Crippen LogP contribution in [0.2, 0.25) is 0 Å². The van der Waals surface area contributed by atoms with Crippen LogP contribution < -0.4 is 5.73 Å². The molecule has 1 aliphatic carbocycles. The number of anilines is 1. The fourth-order valence-corrected chi connectivity index (χ4v) is 3.72. The van der Waals surface area contributed by atoms with E-state index in [0.29, 0.717) is 19.0 Å². The highest BCUT2D eigenvalue weighted by Gasteiger charge is 2.24. The summed E-state index contributed by atoms with van der Waals surface area (Å²) in [6.07, 6.45) is 6.80. The molecular formula is C19H26N2O2. The van der Waals surface area contributed by atoms with Gasteiger partial charge >= 0.3 is 6.09 Å². The molecule has 3 N–H and O–H groups in total. The molecule has 1 aromatic carbocycles. The number of carbonyl (C=O) groups is 1. The van der Waals surface area contributed by atoms with Gasteiger partial charge < -0.3 is 15.7 Å². The molecule has 23 heavy (non-hydrogen) atoms. The molecule has 1 fully saturated rings. The van der Waals surface area contributed by atoms with Gasteiger partial charge in [-0.25, -0.2) is 4.79 Å². The number of hydrogen-bond acceptors (Lipinski definition) is 2. The lowest BCUT2D eigenvalue weighted by Gasteiger charge is -2.30. The maximum atomic E-state index is 11.0. The summed E-state index contributed by atoms with van der Waals surface area (Å²) < 4.78 is 0. The number of carboxylic acid groups (broad SMARTS) is 1. The molecule has 0 aromatic heterocycles. The first kappa shape index (κ1) is 15.9. The highest BCUT2D eigenvalue weighted by atomic mass is 16.4. The minimum Gasteiger partial charge on any atom is -0.465 e. The molecule has 1 unspecified atom stereocenters. The zero-order valence-corrected chi connectivity index (χ0v) is 13.8. The third kappa shape index (κ3) is 3.52. The summed E-state index contributed by atoms with van der Waals surface area (Å²) in [5, 5.41) is 9.07. The van der Waals surface area contributed by atoms with Gasteiger partial charge in [-0.2, -0.15) is 0 Å². The van der Waals surface area contributed by atoms with Crippen molar-refractivity contribution in [2.45, 2.75) is 44.9 Å². The molecule has 1 saturated heterocycles. The summed E-state index contributed by atoms with van der Waals surface area (Å²) in [5.41, 5.74) is 11.0. The van der Waals surface area contributed by atoms with E-state index < -0.39 is 6.09 Å². The fraction of sp³-hybridized carbons (Fsp3) is 0.526. The van der Waals surface area contributed by atoms with Crippen molar-refractivity contribution in [1.82, 2.24) is 4.90 Å². The molecule has 4 heteroatoms. The summed E-state index contributed by atoms with van der Waals surface area (Å²) in [7, 11) is 0. The van der Waals surface area contributed by atoms with Gasteiger partial charge in [-0.1, -0.05) is 19.1 Å². The Bertz CT molecular complexity index is 616. The second kappa shape index (κ2) is 6.65. The summed E-state index contributed by atoms with van der Waals surface area (Å²) in [6.45, 7) is 3.54. The van der Waals surface area contributed by atoms with Gasteiger partial charge in [0.1, 0.15) is 0 Å². The molecule has 0 saturated carbocycles. The lowest BCUT2D eigenvalue weighted by atomic mass is 9.84. The van der Waals surface area contributed by atoms with Crippen LogP contribution in [0.5, 0.6) is 0 Å². The van der Waals surface area contributed by atoms with Gasteiger partial charge in [0.25, 0.3) is 0 Å². The maximum absolute atomic E-state index is 11.0. The van der Waals surface area contributed by atoms with E-state index in [2.05, 4.69) is 25.1 Å². The minimum absolute atomic E-state index is 0.438. The fourth-order valence-electron chi connectivity index (χ4n) is 3.72. The van der Waals surface area contributed by atoms with Gasteiger partial charge in [0, 0.05) is 24.3 Å². The van der Waals surface area contributed by atoms with Crippen molar-refractivity contribution in [3.63, 3.8) is 0 Å². The normalized spacial score (nSPS) is 22.7. The van der Waals surface area contributed by atoms with Gasteiger partial charge in [0.05, 0.1) is 0 Å². The second-order valence-corrected chi connectivity index (χ2v) is 7.00. The predicted octanol–water partition coefficient (Wildman–Crippen LogP) is 4.33. The molecule has 124 valence electrons. The first-order chi connectivity index (χ1) is 11.0. The van der Waals surface area contributed by atoms with Crippen molar-refractivity contribution in [3.05, 3.63) is 35.4 Å². The van der Waals surface area contributed by atoms with Crippen molar-refractivity contribution >= 4 is 17.4 Å². The van der Waals surface area contributed by atoms with Crippen LogP contribution in [-0.2, 0) is 0 Å². The Hall–Kier alpha value is -1.97. The molecule has 0 radical (unpaired) electrons. The van der Waals surface area contributed by atoms with E-state index in [4.69, 9.17) is 10.8 Å². The third-order valence-corrected chi connectivity index (χ3v) is 5.33. The van der Waals surface area contributed by atoms with Gasteiger partial charge in [0.2, 0.25) is 0 Å². The molecule has 1 atom stereocenters. The molecule has 1 heterocycles. The summed E-state index contributed by atoms with van der Waals surface area (Å²) in [4.78, 5) is 12.5. The number of likely N-dealkylation sites (tertiary alicyclic amines) is 1. The number of amides is 1. The van der Waals surface area contributed by atoms with E-state index in [1.807, 2.05) is 6.07 Å². The first-order valence-electron chi connectivity index (χ1n) is 8.61. The SMILES string of the molecule is CC1CC=C(c2cc(C3CCN(C(=O)O)CC3)ccc2N)CC1. The van der Waals surface area contributed by atoms with Crippen LogP contribution in [0, 0.1) is 5.92 Å². The molecule has 0 spiro atoms. The minimum atomic E-state index is -0.803. The summed E-state index contributed by atoms with van der Waals surface area (Å²) >= 11 is 0. The number of piperidine rings is 1. The van der Waals surface area contributed by atoms with Gasteiger partial charge in [-0.15, -0.1) is 0 Å². The predicted molar refractivity (Wildman–Crippen MR) is 93.4 cm³/mol. The molecule has 1 aromatic rings. The van der Waals surface area contributed by atoms with E-state index >= 15 is 0 Å². The van der Waals surface area contributed by atoms with Crippen LogP contribution in [0.15, 0.2) is 24.3 Å². The Morgan fingerprint density at radius 2 is 2.00 bits per heavy atom. The van der Waals surface area contributed by atoms with Crippen LogP contribution >= 0.6 is 0 Å². The summed E-state index contributed by atoms with van der Waals surface area (Å²) in [5.74, 6) is 1.21. The molecule has 4 nitrogen and oxygen atoms in total. The molecule has 1 aliphatic heterocycles. The van der Waals surface area contributed by atoms with Crippen LogP contribution in [0.25, 0.3) is 5.57 Å². The van der Waals surface area contributed by atoms with Crippen LogP contribution in [-0.4, -0.2) is 29.2 Å². The quantitative estimate of drug-likeness (QED) is 0.798. The van der Waals surface area contributed by atoms with E-state index in [1.54, 1.807) is 0 Å². The largest absolute Gasteiger partial charge is 0.465 e. The highest BCUT2D eigenvalue weighted by Crippen LogP contribution is 2.36. The monoisotopic (exact) mass is 314 g/mol. The van der Waals surface area contributed by atoms with E-state index in [-0.39, 0.29) is 0 Å². The molecule has 2 aliphatic rings. The van der Waals surface area contributed by atoms with Crippen molar-refractivity contribution in [3.8, 4) is 0 Å². The first-order valence-corrected chi connectivity index (χ1v) is 8.61. The van der Waals surface area contributed by atoms with E-state index in [0.717, 1.165) is 37.3 Å². The highest BCUT2D eigenvalue weighted by molar-refractivity contribution is 5.76. The Balaban J connectivity index is 1.77. The topological polar surface area (TPSA) is 66.6 Å². The zero-order valence-electron chi connectivity index (χ0n) is 13.8. The van der Waals surface area contributed by atoms with Crippen LogP contribution in [0.1, 0.15) is 56.1 Å². The lowest BCUT2D eigenvalue weighted by Crippen LogP contribution is -2.36. The van der Waals surface area contributed by atoms with Crippen LogP contribution in [0.4, 0.5) is 10.5 Å². The second-order valence-electron chi connectivity index (χ2n) is 7.00. The lowest BCUT2D eigenvalue weighted by molar-refractivity contribution is 0.132. The third-order valence-electron chi connectivity index (χ3n) is 5.33. The maximum Gasteiger partial charge on any atom is 0.407 e. The Labute approximate surface area is 138 Å². The van der Waals surface area contributed by atoms with Gasteiger partial charge in [-0.3, -0.25) is 0 Å². The van der Waals surface area contributed by atoms with Crippen molar-refractivity contribution in [2.75, 3.05) is 18.8 Å². The zero-order chi connectivity index (χ0) is 16.4. The Morgan fingerprint density at radius 3 is 2.61 bits per heavy atom. The van der Waals surface area contributed by atoms with E-state index in [1.165, 1.54) is 28.0 Å². The number of nitrogens with two attached hydrogens (primary N) is 1. The smallest absolute Gasteiger partial charge is 0.407 e. The number of allylic oxidation sites excluding steroid dienone is 2. The number of benzene rings is 1. The standard InChI is InChI=1S/C19H26N2O2/c1-13-2-4-15(5-3-13)17-12-16(6-7-18(17)20)14-8-10-21(11-9-14)19(22)23/h4,6-7,12-14H,2-3,5,8-11,20H2,1H3,(H,22,23). The average Bonchev–Trinajstić information content (AvgIpc) is 2.56. The Morgan fingerprint density at radius 1 is 1.26 bits per heavy atom. The van der Waals surface area contributed by atoms with Crippen molar-refractivity contribution in [2.24, 2.45) is 5.92 Å². The average molecular weight is 314 g/mol. The van der Waals surface area contributed by atoms with Gasteiger partial charge in [0.15, 0.2) is 0 Å². The van der Waals surface area contributed by atoms with Crippen molar-refractivity contribution in [1.29, 1.82) is 0 Å². The number of nitrogens with zero attached hydrogens (tertiary/aromatic N) is 1.